The maximum Gasteiger partial charge on any atom is 0.244 e. The molecule has 0 bridgehead atoms. The number of carbonyl (C=O) groups is 2. The summed E-state index contributed by atoms with van der Waals surface area (Å²) in [6.45, 7) is 3.63. The van der Waals surface area contributed by atoms with Crippen LogP contribution in [0.1, 0.15) is 30.0 Å². The third kappa shape index (κ3) is 8.46. The van der Waals surface area contributed by atoms with Gasteiger partial charge in [0, 0.05) is 29.6 Å². The van der Waals surface area contributed by atoms with Gasteiger partial charge < -0.3 is 10.2 Å². The van der Waals surface area contributed by atoms with Gasteiger partial charge >= 0.3 is 0 Å². The molecule has 0 heterocycles. The number of sulfonamides is 1. The van der Waals surface area contributed by atoms with Crippen molar-refractivity contribution in [3.63, 3.8) is 0 Å². The van der Waals surface area contributed by atoms with Crippen molar-refractivity contribution >= 4 is 50.7 Å². The normalized spacial score (nSPS) is 12.0. The highest BCUT2D eigenvalue weighted by atomic mass is 35.5. The molecule has 0 radical (unpaired) electrons. The van der Waals surface area contributed by atoms with Gasteiger partial charge in [0.2, 0.25) is 21.8 Å². The van der Waals surface area contributed by atoms with Gasteiger partial charge in [0.1, 0.15) is 12.6 Å². The molecule has 208 valence electrons. The molecule has 2 amide bonds. The molecular weight excluding hydrogens is 557 g/mol. The number of hydrogen-bond donors (Lipinski definition) is 1. The van der Waals surface area contributed by atoms with Crippen LogP contribution in [0.4, 0.5) is 5.69 Å². The molecule has 0 aliphatic heterocycles. The second-order valence-corrected chi connectivity index (χ2v) is 12.1. The Kier molecular flexibility index (Phi) is 10.8. The van der Waals surface area contributed by atoms with Gasteiger partial charge in [-0.05, 0) is 54.3 Å². The molecule has 3 rings (SSSR count). The molecule has 3 aromatic carbocycles. The summed E-state index contributed by atoms with van der Waals surface area (Å²) in [6, 6.07) is 20.4. The number of nitrogens with zero attached hydrogens (tertiary/aromatic N) is 2. The maximum absolute atomic E-state index is 14.0. The predicted molar refractivity (Wildman–Crippen MR) is 158 cm³/mol. The molecule has 1 N–H and O–H groups in total. The largest absolute Gasteiger partial charge is 0.354 e. The Hall–Kier alpha value is -3.07. The number of anilines is 1. The van der Waals surface area contributed by atoms with Gasteiger partial charge in [0.05, 0.1) is 11.9 Å². The third-order valence-electron chi connectivity index (χ3n) is 6.25. The Morgan fingerprint density at radius 1 is 0.949 bits per heavy atom. The van der Waals surface area contributed by atoms with Crippen LogP contribution in [0.3, 0.4) is 0 Å². The lowest BCUT2D eigenvalue weighted by Gasteiger charge is -2.34. The maximum atomic E-state index is 14.0. The summed E-state index contributed by atoms with van der Waals surface area (Å²) in [5, 5.41) is 3.78. The van der Waals surface area contributed by atoms with Gasteiger partial charge in [-0.3, -0.25) is 13.9 Å². The minimum Gasteiger partial charge on any atom is -0.354 e. The van der Waals surface area contributed by atoms with Crippen LogP contribution in [-0.2, 0) is 32.6 Å². The molecular formula is C29H33Cl2N3O4S. The highest BCUT2D eigenvalue weighted by Crippen LogP contribution is 2.28. The second kappa shape index (κ2) is 13.8. The van der Waals surface area contributed by atoms with E-state index in [9.17, 15) is 18.0 Å². The fourth-order valence-electron chi connectivity index (χ4n) is 4.21. The number of nitrogens with one attached hydrogen (secondary N) is 1. The summed E-state index contributed by atoms with van der Waals surface area (Å²) >= 11 is 12.5. The van der Waals surface area contributed by atoms with Gasteiger partial charge in [-0.25, -0.2) is 8.42 Å². The molecule has 0 saturated heterocycles. The molecule has 0 spiro atoms. The molecule has 1 atom stereocenters. The molecule has 0 aliphatic carbocycles. The van der Waals surface area contributed by atoms with Crippen LogP contribution in [-0.4, -0.2) is 50.5 Å². The third-order valence-corrected chi connectivity index (χ3v) is 8.02. The van der Waals surface area contributed by atoms with Gasteiger partial charge in [-0.15, -0.1) is 0 Å². The molecule has 0 aromatic heterocycles. The summed E-state index contributed by atoms with van der Waals surface area (Å²) in [4.78, 5) is 29.0. The monoisotopic (exact) mass is 589 g/mol. The van der Waals surface area contributed by atoms with E-state index in [-0.39, 0.29) is 18.9 Å². The summed E-state index contributed by atoms with van der Waals surface area (Å²) in [7, 11) is -3.88. The zero-order chi connectivity index (χ0) is 28.6. The molecule has 0 unspecified atom stereocenters. The van der Waals surface area contributed by atoms with E-state index in [1.165, 1.54) is 4.90 Å². The smallest absolute Gasteiger partial charge is 0.244 e. The Morgan fingerprint density at radius 2 is 1.62 bits per heavy atom. The number of hydrogen-bond acceptors (Lipinski definition) is 4. The van der Waals surface area contributed by atoms with Gasteiger partial charge in [-0.1, -0.05) is 78.7 Å². The first kappa shape index (κ1) is 30.5. The fraction of sp³-hybridized carbons (Fsp3) is 0.310. The van der Waals surface area contributed by atoms with Crippen LogP contribution in [0.25, 0.3) is 0 Å². The minimum atomic E-state index is -3.88. The lowest BCUT2D eigenvalue weighted by Crippen LogP contribution is -2.53. The van der Waals surface area contributed by atoms with Gasteiger partial charge in [0.25, 0.3) is 0 Å². The predicted octanol–water partition coefficient (Wildman–Crippen LogP) is 5.23. The van der Waals surface area contributed by atoms with Crippen molar-refractivity contribution in [3.05, 3.63) is 99.5 Å². The van der Waals surface area contributed by atoms with Crippen molar-refractivity contribution in [2.45, 2.75) is 39.3 Å². The Morgan fingerprint density at radius 3 is 2.26 bits per heavy atom. The van der Waals surface area contributed by atoms with Crippen LogP contribution >= 0.6 is 23.2 Å². The minimum absolute atomic E-state index is 0.0581. The first-order chi connectivity index (χ1) is 18.5. The lowest BCUT2D eigenvalue weighted by molar-refractivity contribution is -0.140. The Balaban J connectivity index is 2.07. The van der Waals surface area contributed by atoms with Crippen LogP contribution in [0.2, 0.25) is 10.0 Å². The van der Waals surface area contributed by atoms with Crippen LogP contribution in [0.5, 0.6) is 0 Å². The highest BCUT2D eigenvalue weighted by molar-refractivity contribution is 7.92. The average molecular weight is 591 g/mol. The number of carbonyl (C=O) groups excluding carboxylic acids is 2. The van der Waals surface area contributed by atoms with E-state index in [4.69, 9.17) is 23.2 Å². The molecule has 0 aliphatic rings. The van der Waals surface area contributed by atoms with E-state index in [0.29, 0.717) is 33.4 Å². The van der Waals surface area contributed by atoms with E-state index in [0.717, 1.165) is 22.5 Å². The summed E-state index contributed by atoms with van der Waals surface area (Å²) < 4.78 is 26.8. The topological polar surface area (TPSA) is 86.8 Å². The zero-order valence-electron chi connectivity index (χ0n) is 22.2. The van der Waals surface area contributed by atoms with Crippen LogP contribution in [0.15, 0.2) is 72.8 Å². The lowest BCUT2D eigenvalue weighted by atomic mass is 10.0. The number of benzene rings is 3. The molecule has 0 saturated carbocycles. The Bertz CT molecular complexity index is 1400. The van der Waals surface area contributed by atoms with E-state index in [1.54, 1.807) is 43.3 Å². The highest BCUT2D eigenvalue weighted by Gasteiger charge is 2.33. The van der Waals surface area contributed by atoms with Crippen molar-refractivity contribution in [1.82, 2.24) is 10.2 Å². The van der Waals surface area contributed by atoms with Crippen molar-refractivity contribution in [2.24, 2.45) is 0 Å². The van der Waals surface area contributed by atoms with Crippen LogP contribution in [0, 0.1) is 6.92 Å². The summed E-state index contributed by atoms with van der Waals surface area (Å²) in [5.74, 6) is -0.853. The first-order valence-electron chi connectivity index (χ1n) is 12.6. The molecule has 10 heteroatoms. The van der Waals surface area contributed by atoms with Crippen molar-refractivity contribution < 1.29 is 18.0 Å². The number of amides is 2. The molecule has 7 nitrogen and oxygen atoms in total. The summed E-state index contributed by atoms with van der Waals surface area (Å²) in [5.41, 5.74) is 2.40. The van der Waals surface area contributed by atoms with E-state index >= 15 is 0 Å². The van der Waals surface area contributed by atoms with Crippen molar-refractivity contribution in [2.75, 3.05) is 23.7 Å². The quantitative estimate of drug-likeness (QED) is 0.313. The number of rotatable bonds is 12. The fourth-order valence-corrected chi connectivity index (χ4v) is 5.50. The SMILES string of the molecule is CCCNC(=O)[C@H](Cc1ccccc1)N(Cc1cccc(Cl)c1)C(=O)CN(c1cccc(Cl)c1C)S(C)(=O)=O. The first-order valence-corrected chi connectivity index (χ1v) is 15.2. The average Bonchev–Trinajstić information content (AvgIpc) is 2.89. The van der Waals surface area contributed by atoms with Crippen molar-refractivity contribution in [3.8, 4) is 0 Å². The van der Waals surface area contributed by atoms with E-state index < -0.39 is 28.5 Å². The van der Waals surface area contributed by atoms with Gasteiger partial charge in [0.15, 0.2) is 0 Å². The van der Waals surface area contributed by atoms with Crippen LogP contribution < -0.4 is 9.62 Å². The zero-order valence-corrected chi connectivity index (χ0v) is 24.6. The van der Waals surface area contributed by atoms with E-state index in [1.807, 2.05) is 43.3 Å². The molecule has 39 heavy (non-hydrogen) atoms. The van der Waals surface area contributed by atoms with Gasteiger partial charge in [-0.2, -0.15) is 0 Å². The standard InChI is InChI=1S/C29H33Cl2N3O4S/c1-4-16-32-29(36)27(18-22-10-6-5-7-11-22)33(19-23-12-8-13-24(30)17-23)28(35)20-34(39(3,37)38)26-15-9-14-25(31)21(26)2/h5-15,17,27H,4,16,18-20H2,1-3H3,(H,32,36)/t27-/m0/s1. The molecule has 3 aromatic rings. The number of halogens is 2. The van der Waals surface area contributed by atoms with Crippen molar-refractivity contribution in [1.29, 1.82) is 0 Å². The Labute approximate surface area is 240 Å². The van der Waals surface area contributed by atoms with E-state index in [2.05, 4.69) is 5.32 Å². The summed E-state index contributed by atoms with van der Waals surface area (Å²) in [6.07, 6.45) is 2.01. The second-order valence-electron chi connectivity index (χ2n) is 9.30. The molecule has 0 fully saturated rings.